The van der Waals surface area contributed by atoms with E-state index in [0.29, 0.717) is 12.2 Å². The second-order valence-corrected chi connectivity index (χ2v) is 4.08. The molecule has 0 saturated heterocycles. The van der Waals surface area contributed by atoms with Crippen LogP contribution in [0.15, 0.2) is 0 Å². The first-order valence-electron chi connectivity index (χ1n) is 5.45. The van der Waals surface area contributed by atoms with Crippen LogP contribution in [-0.4, -0.2) is 22.8 Å². The minimum absolute atomic E-state index is 0.152. The first kappa shape index (κ1) is 11.3. The molecule has 0 radical (unpaired) electrons. The molecule has 0 spiro atoms. The Morgan fingerprint density at radius 2 is 2.12 bits per heavy atom. The van der Waals surface area contributed by atoms with Gasteiger partial charge in [-0.3, -0.25) is 0 Å². The number of esters is 1. The average Bonchev–Trinajstić information content (AvgIpc) is 2.29. The lowest BCUT2D eigenvalue weighted by atomic mass is 9.93. The second kappa shape index (κ2) is 4.78. The summed E-state index contributed by atoms with van der Waals surface area (Å²) in [7, 11) is 0. The normalized spacial score (nSPS) is 14.4. The maximum Gasteiger partial charge on any atom is 0.341 e. The van der Waals surface area contributed by atoms with Gasteiger partial charge in [0.05, 0.1) is 12.3 Å². The van der Waals surface area contributed by atoms with Crippen molar-refractivity contribution in [3.63, 3.8) is 0 Å². The number of rotatable bonds is 2. The monoisotopic (exact) mass is 240 g/mol. The lowest BCUT2D eigenvalue weighted by molar-refractivity contribution is 0.0524. The first-order valence-corrected chi connectivity index (χ1v) is 5.83. The summed E-state index contributed by atoms with van der Waals surface area (Å²) in [5.74, 6) is -0.388. The Bertz CT molecular complexity index is 421. The second-order valence-electron chi connectivity index (χ2n) is 3.72. The largest absolute Gasteiger partial charge is 0.462 e. The quantitative estimate of drug-likeness (QED) is 0.744. The maximum atomic E-state index is 11.8. The third kappa shape index (κ3) is 2.02. The molecule has 0 aromatic carbocycles. The molecular weight excluding hydrogens is 228 g/mol. The van der Waals surface area contributed by atoms with E-state index in [1.165, 1.54) is 0 Å². The van der Waals surface area contributed by atoms with Gasteiger partial charge in [-0.2, -0.15) is 5.10 Å². The average molecular weight is 241 g/mol. The topological polar surface area (TPSA) is 52.1 Å². The molecule has 0 aliphatic heterocycles. The zero-order valence-corrected chi connectivity index (χ0v) is 9.88. The van der Waals surface area contributed by atoms with Crippen LogP contribution >= 0.6 is 11.6 Å². The Hall–Kier alpha value is -1.16. The van der Waals surface area contributed by atoms with Gasteiger partial charge in [-0.15, -0.1) is 5.10 Å². The van der Waals surface area contributed by atoms with Gasteiger partial charge in [-0.05, 0) is 38.2 Å². The van der Waals surface area contributed by atoms with Crippen molar-refractivity contribution in [3.05, 3.63) is 22.0 Å². The van der Waals surface area contributed by atoms with E-state index in [4.69, 9.17) is 16.3 Å². The molecule has 0 saturated carbocycles. The standard InChI is InChI=1S/C11H13ClN2O2/c1-2-16-11(15)9-7-5-3-4-6-8(7)13-14-10(9)12/h2-6H2,1H3. The van der Waals surface area contributed by atoms with Gasteiger partial charge >= 0.3 is 5.97 Å². The van der Waals surface area contributed by atoms with Crippen LogP contribution in [0.1, 0.15) is 41.4 Å². The van der Waals surface area contributed by atoms with Gasteiger partial charge in [0.1, 0.15) is 5.56 Å². The van der Waals surface area contributed by atoms with Gasteiger partial charge in [0.15, 0.2) is 5.15 Å². The molecule has 0 N–H and O–H groups in total. The van der Waals surface area contributed by atoms with Crippen molar-refractivity contribution in [2.24, 2.45) is 0 Å². The number of carbonyl (C=O) groups excluding carboxylic acids is 1. The Morgan fingerprint density at radius 3 is 2.88 bits per heavy atom. The van der Waals surface area contributed by atoms with Gasteiger partial charge in [0.2, 0.25) is 0 Å². The van der Waals surface area contributed by atoms with Crippen LogP contribution in [0.4, 0.5) is 0 Å². The molecule has 1 aliphatic carbocycles. The highest BCUT2D eigenvalue weighted by Crippen LogP contribution is 2.26. The Kier molecular flexibility index (Phi) is 3.39. The molecule has 1 aromatic rings. The minimum atomic E-state index is -0.388. The summed E-state index contributed by atoms with van der Waals surface area (Å²) in [6.45, 7) is 2.11. The van der Waals surface area contributed by atoms with E-state index in [1.807, 2.05) is 0 Å². The van der Waals surface area contributed by atoms with E-state index < -0.39 is 0 Å². The molecule has 0 amide bonds. The van der Waals surface area contributed by atoms with Gasteiger partial charge in [-0.1, -0.05) is 11.6 Å². The highest BCUT2D eigenvalue weighted by molar-refractivity contribution is 6.32. The van der Waals surface area contributed by atoms with Crippen molar-refractivity contribution in [1.82, 2.24) is 10.2 Å². The number of nitrogens with zero attached hydrogens (tertiary/aromatic N) is 2. The molecule has 2 rings (SSSR count). The van der Waals surface area contributed by atoms with Crippen LogP contribution in [0, 0.1) is 0 Å². The van der Waals surface area contributed by atoms with E-state index >= 15 is 0 Å². The first-order chi connectivity index (χ1) is 7.74. The van der Waals surface area contributed by atoms with Crippen LogP contribution in [-0.2, 0) is 17.6 Å². The zero-order valence-electron chi connectivity index (χ0n) is 9.12. The summed E-state index contributed by atoms with van der Waals surface area (Å²) >= 11 is 5.92. The van der Waals surface area contributed by atoms with Gasteiger partial charge in [0, 0.05) is 0 Å². The molecule has 4 nitrogen and oxygen atoms in total. The molecule has 0 unspecified atom stereocenters. The molecule has 1 aliphatic rings. The van der Waals surface area contributed by atoms with E-state index in [9.17, 15) is 4.79 Å². The summed E-state index contributed by atoms with van der Waals surface area (Å²) in [5, 5.41) is 7.99. The van der Waals surface area contributed by atoms with Gasteiger partial charge in [0.25, 0.3) is 0 Å². The number of fused-ring (bicyclic) bond motifs is 1. The fourth-order valence-electron chi connectivity index (χ4n) is 1.96. The van der Waals surface area contributed by atoms with Crippen molar-refractivity contribution in [2.75, 3.05) is 6.61 Å². The maximum absolute atomic E-state index is 11.8. The summed E-state index contributed by atoms with van der Waals surface area (Å²) < 4.78 is 4.98. The van der Waals surface area contributed by atoms with Crippen LogP contribution in [0.2, 0.25) is 5.15 Å². The number of aromatic nitrogens is 2. The minimum Gasteiger partial charge on any atom is -0.462 e. The number of hydrogen-bond acceptors (Lipinski definition) is 4. The van der Waals surface area contributed by atoms with Crippen molar-refractivity contribution in [3.8, 4) is 0 Å². The van der Waals surface area contributed by atoms with Crippen LogP contribution in [0.5, 0.6) is 0 Å². The van der Waals surface area contributed by atoms with Crippen molar-refractivity contribution in [2.45, 2.75) is 32.6 Å². The summed E-state index contributed by atoms with van der Waals surface area (Å²) in [5.41, 5.74) is 2.22. The SMILES string of the molecule is CCOC(=O)c1c(Cl)nnc2c1CCCC2. The predicted octanol–water partition coefficient (Wildman–Crippen LogP) is 2.19. The summed E-state index contributed by atoms with van der Waals surface area (Å²) in [6, 6.07) is 0. The lowest BCUT2D eigenvalue weighted by Gasteiger charge is -2.17. The number of hydrogen-bond donors (Lipinski definition) is 0. The predicted molar refractivity (Wildman–Crippen MR) is 59.6 cm³/mol. The molecular formula is C11H13ClN2O2. The molecule has 1 aromatic heterocycles. The smallest absolute Gasteiger partial charge is 0.341 e. The van der Waals surface area contributed by atoms with Gasteiger partial charge < -0.3 is 4.74 Å². The van der Waals surface area contributed by atoms with Crippen LogP contribution in [0.3, 0.4) is 0 Å². The highest BCUT2D eigenvalue weighted by Gasteiger charge is 2.23. The Labute approximate surface area is 99.0 Å². The number of aryl methyl sites for hydroxylation is 1. The van der Waals surface area contributed by atoms with Crippen LogP contribution in [0.25, 0.3) is 0 Å². The molecule has 1 heterocycles. The Morgan fingerprint density at radius 1 is 1.38 bits per heavy atom. The molecule has 0 atom stereocenters. The molecule has 5 heteroatoms. The number of carbonyl (C=O) groups is 1. The summed E-state index contributed by atoms with van der Waals surface area (Å²) in [4.78, 5) is 11.8. The number of halogens is 1. The molecule has 86 valence electrons. The number of ether oxygens (including phenoxy) is 1. The molecule has 16 heavy (non-hydrogen) atoms. The van der Waals surface area contributed by atoms with Crippen molar-refractivity contribution in [1.29, 1.82) is 0 Å². The van der Waals surface area contributed by atoms with Crippen LogP contribution < -0.4 is 0 Å². The molecule has 0 fully saturated rings. The molecule has 0 bridgehead atoms. The van der Waals surface area contributed by atoms with E-state index in [2.05, 4.69) is 10.2 Å². The lowest BCUT2D eigenvalue weighted by Crippen LogP contribution is -2.16. The van der Waals surface area contributed by atoms with E-state index in [-0.39, 0.29) is 11.1 Å². The van der Waals surface area contributed by atoms with Crippen molar-refractivity contribution >= 4 is 17.6 Å². The summed E-state index contributed by atoms with van der Waals surface area (Å²) in [6.07, 6.45) is 3.84. The van der Waals surface area contributed by atoms with Gasteiger partial charge in [-0.25, -0.2) is 4.79 Å². The fourth-order valence-corrected chi connectivity index (χ4v) is 2.19. The highest BCUT2D eigenvalue weighted by atomic mass is 35.5. The third-order valence-electron chi connectivity index (χ3n) is 2.68. The van der Waals surface area contributed by atoms with Crippen molar-refractivity contribution < 1.29 is 9.53 Å². The van der Waals surface area contributed by atoms with E-state index in [1.54, 1.807) is 6.92 Å². The third-order valence-corrected chi connectivity index (χ3v) is 2.95. The Balaban J connectivity index is 2.45. The fraction of sp³-hybridized carbons (Fsp3) is 0.545. The zero-order chi connectivity index (χ0) is 11.5. The van der Waals surface area contributed by atoms with E-state index in [0.717, 1.165) is 36.9 Å².